The summed E-state index contributed by atoms with van der Waals surface area (Å²) in [6.45, 7) is 3.53. The van der Waals surface area contributed by atoms with Crippen LogP contribution in [0.3, 0.4) is 0 Å². The second kappa shape index (κ2) is 6.33. The first-order valence-corrected chi connectivity index (χ1v) is 6.36. The van der Waals surface area contributed by atoms with E-state index < -0.39 is 0 Å². The number of aromatic nitrogens is 2. The van der Waals surface area contributed by atoms with Crippen LogP contribution in [-0.4, -0.2) is 16.8 Å². The van der Waals surface area contributed by atoms with Gasteiger partial charge in [0.2, 0.25) is 0 Å². The molecule has 19 heavy (non-hydrogen) atoms. The standard InChI is InChI=1S/C14H18FN3O/c1-3-6-18-10-12(9-17-18)19-14-5-4-11(8-16-2)7-13(14)15/h4-5,7,9-10,16H,3,6,8H2,1-2H3. The van der Waals surface area contributed by atoms with Gasteiger partial charge in [-0.2, -0.15) is 5.10 Å². The van der Waals surface area contributed by atoms with Gasteiger partial charge in [0.05, 0.1) is 12.4 Å². The molecule has 102 valence electrons. The van der Waals surface area contributed by atoms with Gasteiger partial charge >= 0.3 is 0 Å². The van der Waals surface area contributed by atoms with Crippen LogP contribution in [0.2, 0.25) is 0 Å². The molecule has 2 rings (SSSR count). The molecule has 1 aromatic carbocycles. The second-order valence-electron chi connectivity index (χ2n) is 4.34. The Kier molecular flexibility index (Phi) is 4.52. The molecule has 0 spiro atoms. The Hall–Kier alpha value is -1.88. The summed E-state index contributed by atoms with van der Waals surface area (Å²) >= 11 is 0. The maximum Gasteiger partial charge on any atom is 0.166 e. The number of nitrogens with one attached hydrogen (secondary N) is 1. The van der Waals surface area contributed by atoms with E-state index in [0.29, 0.717) is 12.3 Å². The predicted octanol–water partition coefficient (Wildman–Crippen LogP) is 2.94. The Morgan fingerprint density at radius 2 is 2.26 bits per heavy atom. The van der Waals surface area contributed by atoms with E-state index in [9.17, 15) is 4.39 Å². The van der Waals surface area contributed by atoms with Crippen molar-refractivity contribution in [2.24, 2.45) is 0 Å². The molecule has 4 nitrogen and oxygen atoms in total. The first kappa shape index (κ1) is 13.5. The molecule has 2 aromatic rings. The molecule has 0 atom stereocenters. The van der Waals surface area contributed by atoms with Gasteiger partial charge in [0.1, 0.15) is 0 Å². The fourth-order valence-electron chi connectivity index (χ4n) is 1.82. The summed E-state index contributed by atoms with van der Waals surface area (Å²) in [5.41, 5.74) is 0.883. The van der Waals surface area contributed by atoms with Crippen LogP contribution in [0.4, 0.5) is 4.39 Å². The molecule has 1 N–H and O–H groups in total. The average Bonchev–Trinajstić information content (AvgIpc) is 2.81. The Balaban J connectivity index is 2.09. The molecule has 5 heteroatoms. The first-order valence-electron chi connectivity index (χ1n) is 6.36. The van der Waals surface area contributed by atoms with E-state index in [1.165, 1.54) is 6.07 Å². The topological polar surface area (TPSA) is 39.1 Å². The fraction of sp³-hybridized carbons (Fsp3) is 0.357. The largest absolute Gasteiger partial charge is 0.451 e. The van der Waals surface area contributed by atoms with Gasteiger partial charge < -0.3 is 10.1 Å². The maximum absolute atomic E-state index is 13.8. The van der Waals surface area contributed by atoms with E-state index in [4.69, 9.17) is 4.74 Å². The van der Waals surface area contributed by atoms with Gasteiger partial charge in [-0.1, -0.05) is 13.0 Å². The highest BCUT2D eigenvalue weighted by molar-refractivity contribution is 5.32. The van der Waals surface area contributed by atoms with Gasteiger partial charge in [-0.3, -0.25) is 4.68 Å². The fourth-order valence-corrected chi connectivity index (χ4v) is 1.82. The number of nitrogens with zero attached hydrogens (tertiary/aromatic N) is 2. The molecule has 0 aliphatic heterocycles. The van der Waals surface area contributed by atoms with Gasteiger partial charge in [-0.15, -0.1) is 0 Å². The minimum absolute atomic E-state index is 0.218. The summed E-state index contributed by atoms with van der Waals surface area (Å²) in [6.07, 6.45) is 4.36. The lowest BCUT2D eigenvalue weighted by molar-refractivity contribution is 0.440. The van der Waals surface area contributed by atoms with Crippen molar-refractivity contribution >= 4 is 0 Å². The lowest BCUT2D eigenvalue weighted by Gasteiger charge is -2.06. The molecule has 1 aromatic heterocycles. The monoisotopic (exact) mass is 263 g/mol. The highest BCUT2D eigenvalue weighted by Gasteiger charge is 2.07. The molecule has 0 radical (unpaired) electrons. The summed E-state index contributed by atoms with van der Waals surface area (Å²) in [5.74, 6) is 0.403. The lowest BCUT2D eigenvalue weighted by Crippen LogP contribution is -2.05. The number of benzene rings is 1. The smallest absolute Gasteiger partial charge is 0.166 e. The van der Waals surface area contributed by atoms with E-state index in [2.05, 4.69) is 17.3 Å². The molecule has 0 fully saturated rings. The molecule has 0 aliphatic rings. The third-order valence-corrected chi connectivity index (χ3v) is 2.67. The van der Waals surface area contributed by atoms with Crippen LogP contribution in [0.15, 0.2) is 30.6 Å². The van der Waals surface area contributed by atoms with Crippen LogP contribution in [0.1, 0.15) is 18.9 Å². The summed E-state index contributed by atoms with van der Waals surface area (Å²) in [6, 6.07) is 4.95. The third-order valence-electron chi connectivity index (χ3n) is 2.67. The molecule has 0 saturated heterocycles. The van der Waals surface area contributed by atoms with Crippen molar-refractivity contribution in [3.8, 4) is 11.5 Å². The van der Waals surface area contributed by atoms with E-state index in [0.717, 1.165) is 18.5 Å². The molecule has 0 amide bonds. The Labute approximate surface area is 112 Å². The van der Waals surface area contributed by atoms with Crippen molar-refractivity contribution in [3.63, 3.8) is 0 Å². The third kappa shape index (κ3) is 3.54. The Bertz CT molecular complexity index is 539. The zero-order valence-electron chi connectivity index (χ0n) is 11.2. The SMILES string of the molecule is CCCn1cc(Oc2ccc(CNC)cc2F)cn1. The van der Waals surface area contributed by atoms with E-state index in [1.54, 1.807) is 23.1 Å². The van der Waals surface area contributed by atoms with Gasteiger partial charge in [0.15, 0.2) is 17.3 Å². The van der Waals surface area contributed by atoms with Crippen molar-refractivity contribution in [2.75, 3.05) is 7.05 Å². The zero-order chi connectivity index (χ0) is 13.7. The zero-order valence-corrected chi connectivity index (χ0v) is 11.2. The van der Waals surface area contributed by atoms with Gasteiger partial charge in [-0.25, -0.2) is 4.39 Å². The van der Waals surface area contributed by atoms with E-state index in [-0.39, 0.29) is 11.6 Å². The molecular formula is C14H18FN3O. The molecule has 0 bridgehead atoms. The molecule has 1 heterocycles. The highest BCUT2D eigenvalue weighted by Crippen LogP contribution is 2.24. The van der Waals surface area contributed by atoms with Crippen LogP contribution in [0.25, 0.3) is 0 Å². The number of hydrogen-bond acceptors (Lipinski definition) is 3. The van der Waals surface area contributed by atoms with Gasteiger partial charge in [0, 0.05) is 13.1 Å². The minimum Gasteiger partial charge on any atom is -0.451 e. The van der Waals surface area contributed by atoms with Gasteiger partial charge in [0.25, 0.3) is 0 Å². The van der Waals surface area contributed by atoms with Crippen LogP contribution < -0.4 is 10.1 Å². The average molecular weight is 263 g/mol. The quantitative estimate of drug-likeness (QED) is 0.871. The first-order chi connectivity index (χ1) is 9.22. The van der Waals surface area contributed by atoms with E-state index in [1.807, 2.05) is 13.1 Å². The van der Waals surface area contributed by atoms with Crippen molar-refractivity contribution < 1.29 is 9.13 Å². The lowest BCUT2D eigenvalue weighted by atomic mass is 10.2. The molecule has 0 unspecified atom stereocenters. The van der Waals surface area contributed by atoms with Crippen molar-refractivity contribution in [2.45, 2.75) is 26.4 Å². The summed E-state index contributed by atoms with van der Waals surface area (Å²) in [7, 11) is 1.82. The maximum atomic E-state index is 13.8. The molecular weight excluding hydrogens is 245 g/mol. The Morgan fingerprint density at radius 1 is 1.42 bits per heavy atom. The van der Waals surface area contributed by atoms with Crippen molar-refractivity contribution in [1.82, 2.24) is 15.1 Å². The number of aryl methyl sites for hydroxylation is 1. The Morgan fingerprint density at radius 3 is 2.95 bits per heavy atom. The normalized spacial score (nSPS) is 10.7. The molecule has 0 aliphatic carbocycles. The second-order valence-corrected chi connectivity index (χ2v) is 4.34. The predicted molar refractivity (Wildman–Crippen MR) is 71.8 cm³/mol. The number of halogens is 1. The van der Waals surface area contributed by atoms with Crippen molar-refractivity contribution in [1.29, 1.82) is 0 Å². The number of hydrogen-bond donors (Lipinski definition) is 1. The van der Waals surface area contributed by atoms with E-state index >= 15 is 0 Å². The molecule has 0 saturated carbocycles. The summed E-state index contributed by atoms with van der Waals surface area (Å²) in [4.78, 5) is 0. The summed E-state index contributed by atoms with van der Waals surface area (Å²) < 4.78 is 21.1. The highest BCUT2D eigenvalue weighted by atomic mass is 19.1. The number of ether oxygens (including phenoxy) is 1. The van der Waals surface area contributed by atoms with Crippen LogP contribution in [-0.2, 0) is 13.1 Å². The summed E-state index contributed by atoms with van der Waals surface area (Å²) in [5, 5.41) is 7.11. The minimum atomic E-state index is -0.365. The van der Waals surface area contributed by atoms with Crippen LogP contribution >= 0.6 is 0 Å². The number of rotatable bonds is 6. The van der Waals surface area contributed by atoms with Crippen LogP contribution in [0, 0.1) is 5.82 Å². The van der Waals surface area contributed by atoms with Crippen molar-refractivity contribution in [3.05, 3.63) is 42.0 Å². The van der Waals surface area contributed by atoms with Gasteiger partial charge in [-0.05, 0) is 31.2 Å². The van der Waals surface area contributed by atoms with Crippen LogP contribution in [0.5, 0.6) is 11.5 Å².